The van der Waals surface area contributed by atoms with E-state index in [0.29, 0.717) is 44.2 Å². The van der Waals surface area contributed by atoms with Gasteiger partial charge in [-0.2, -0.15) is 0 Å². The number of amides is 1. The van der Waals surface area contributed by atoms with Crippen LogP contribution < -0.4 is 4.74 Å². The molecule has 35 heavy (non-hydrogen) atoms. The van der Waals surface area contributed by atoms with Crippen molar-refractivity contribution in [3.8, 4) is 5.75 Å². The van der Waals surface area contributed by atoms with Crippen molar-refractivity contribution in [3.05, 3.63) is 82.9 Å². The Kier molecular flexibility index (Phi) is 7.68. The van der Waals surface area contributed by atoms with E-state index in [-0.39, 0.29) is 11.3 Å². The largest absolute Gasteiger partial charge is 0.507 e. The minimum atomic E-state index is -0.690. The number of carbonyl (C=O) groups is 2. The van der Waals surface area contributed by atoms with Crippen LogP contribution in [0.1, 0.15) is 28.3 Å². The third-order valence-electron chi connectivity index (χ3n) is 6.51. The molecule has 7 heteroatoms. The van der Waals surface area contributed by atoms with Gasteiger partial charge in [-0.15, -0.1) is 0 Å². The van der Waals surface area contributed by atoms with E-state index in [9.17, 15) is 14.7 Å². The van der Waals surface area contributed by atoms with Gasteiger partial charge in [-0.3, -0.25) is 14.5 Å². The minimum Gasteiger partial charge on any atom is -0.507 e. The summed E-state index contributed by atoms with van der Waals surface area (Å²) >= 11 is 0. The van der Waals surface area contributed by atoms with Gasteiger partial charge in [0.2, 0.25) is 0 Å². The fraction of sp³-hybridized carbons (Fsp3) is 0.357. The maximum absolute atomic E-state index is 13.3. The number of ketones is 1. The van der Waals surface area contributed by atoms with Gasteiger partial charge in [0.25, 0.3) is 11.7 Å². The first kappa shape index (κ1) is 24.7. The topological polar surface area (TPSA) is 79.3 Å². The summed E-state index contributed by atoms with van der Waals surface area (Å²) in [4.78, 5) is 30.3. The number of rotatable bonds is 8. The van der Waals surface area contributed by atoms with Gasteiger partial charge in [-0.05, 0) is 43.2 Å². The Bertz CT molecular complexity index is 1130. The first-order valence-electron chi connectivity index (χ1n) is 11.9. The van der Waals surface area contributed by atoms with Crippen molar-refractivity contribution in [1.82, 2.24) is 9.80 Å². The van der Waals surface area contributed by atoms with Crippen molar-refractivity contribution in [3.63, 3.8) is 0 Å². The summed E-state index contributed by atoms with van der Waals surface area (Å²) in [5, 5.41) is 11.4. The number of Topliss-reactive ketones (excluding diaryl/α,β-unsaturated/α-hetero) is 1. The molecule has 0 saturated carbocycles. The van der Waals surface area contributed by atoms with Gasteiger partial charge < -0.3 is 19.5 Å². The van der Waals surface area contributed by atoms with Gasteiger partial charge in [0.05, 0.1) is 24.8 Å². The van der Waals surface area contributed by atoms with E-state index in [1.54, 1.807) is 23.1 Å². The molecule has 0 bridgehead atoms. The van der Waals surface area contributed by atoms with Crippen molar-refractivity contribution < 1.29 is 24.2 Å². The van der Waals surface area contributed by atoms with E-state index in [1.807, 2.05) is 44.2 Å². The van der Waals surface area contributed by atoms with Crippen LogP contribution in [0.3, 0.4) is 0 Å². The quantitative estimate of drug-likeness (QED) is 0.271. The summed E-state index contributed by atoms with van der Waals surface area (Å²) < 4.78 is 11.0. The molecule has 1 amide bonds. The van der Waals surface area contributed by atoms with Crippen molar-refractivity contribution in [2.24, 2.45) is 0 Å². The number of hydrogen-bond acceptors (Lipinski definition) is 6. The number of nitrogens with zero attached hydrogens (tertiary/aromatic N) is 2. The van der Waals surface area contributed by atoms with E-state index in [4.69, 9.17) is 9.47 Å². The third kappa shape index (κ3) is 5.31. The van der Waals surface area contributed by atoms with E-state index >= 15 is 0 Å². The number of aliphatic hydroxyl groups excluding tert-OH is 1. The molecule has 1 atom stereocenters. The van der Waals surface area contributed by atoms with Crippen LogP contribution in [0, 0.1) is 13.8 Å². The maximum atomic E-state index is 13.3. The molecule has 2 aromatic rings. The van der Waals surface area contributed by atoms with E-state index in [0.717, 1.165) is 29.8 Å². The SMILES string of the molecule is C=CCOc1ccc(C2/C(=C(\O)c3cc(C)ccc3C)C(=O)C(=O)N2CCN2CCOCC2)cc1. The number of aryl methyl sites for hydroxylation is 2. The molecule has 2 aromatic carbocycles. The van der Waals surface area contributed by atoms with Crippen LogP contribution in [0.5, 0.6) is 5.75 Å². The highest BCUT2D eigenvalue weighted by Crippen LogP contribution is 2.40. The fourth-order valence-corrected chi connectivity index (χ4v) is 4.57. The summed E-state index contributed by atoms with van der Waals surface area (Å²) in [6.45, 7) is 11.7. The fourth-order valence-electron chi connectivity index (χ4n) is 4.57. The number of morpholine rings is 1. The molecule has 0 radical (unpaired) electrons. The molecule has 2 saturated heterocycles. The van der Waals surface area contributed by atoms with Gasteiger partial charge in [0.1, 0.15) is 18.1 Å². The average Bonchev–Trinajstić information content (AvgIpc) is 3.13. The first-order valence-corrected chi connectivity index (χ1v) is 11.9. The highest BCUT2D eigenvalue weighted by molar-refractivity contribution is 6.46. The molecule has 0 aromatic heterocycles. The summed E-state index contributed by atoms with van der Waals surface area (Å²) in [7, 11) is 0. The Labute approximate surface area is 206 Å². The van der Waals surface area contributed by atoms with Gasteiger partial charge in [-0.1, -0.05) is 42.5 Å². The lowest BCUT2D eigenvalue weighted by molar-refractivity contribution is -0.140. The Morgan fingerprint density at radius 3 is 2.51 bits per heavy atom. The standard InChI is InChI=1S/C28H32N2O5/c1-4-15-35-22-9-7-21(8-10-22)25-24(26(31)23-18-19(2)5-6-20(23)3)27(32)28(33)30(25)12-11-29-13-16-34-17-14-29/h4-10,18,25,31H,1,11-17H2,2-3H3/b26-24+. The summed E-state index contributed by atoms with van der Waals surface area (Å²) in [6.07, 6.45) is 1.67. The lowest BCUT2D eigenvalue weighted by Crippen LogP contribution is -2.42. The average molecular weight is 477 g/mol. The smallest absolute Gasteiger partial charge is 0.295 e. The Morgan fingerprint density at radius 2 is 1.83 bits per heavy atom. The molecular formula is C28H32N2O5. The second-order valence-electron chi connectivity index (χ2n) is 8.93. The number of carbonyl (C=O) groups excluding carboxylic acids is 2. The summed E-state index contributed by atoms with van der Waals surface area (Å²) in [6, 6.07) is 12.3. The molecular weight excluding hydrogens is 444 g/mol. The van der Waals surface area contributed by atoms with E-state index in [1.165, 1.54) is 0 Å². The molecule has 0 aliphatic carbocycles. The number of ether oxygens (including phenoxy) is 2. The first-order chi connectivity index (χ1) is 16.9. The highest BCUT2D eigenvalue weighted by atomic mass is 16.5. The summed E-state index contributed by atoms with van der Waals surface area (Å²) in [5.74, 6) is -0.742. The van der Waals surface area contributed by atoms with Crippen LogP contribution in [0.25, 0.3) is 5.76 Å². The lowest BCUT2D eigenvalue weighted by atomic mass is 9.93. The van der Waals surface area contributed by atoms with Gasteiger partial charge in [-0.25, -0.2) is 0 Å². The lowest BCUT2D eigenvalue weighted by Gasteiger charge is -2.31. The predicted molar refractivity (Wildman–Crippen MR) is 134 cm³/mol. The number of hydrogen-bond donors (Lipinski definition) is 1. The van der Waals surface area contributed by atoms with E-state index in [2.05, 4.69) is 11.5 Å². The molecule has 4 rings (SSSR count). The predicted octanol–water partition coefficient (Wildman–Crippen LogP) is 3.62. The number of aliphatic hydroxyl groups is 1. The molecule has 2 aliphatic rings. The van der Waals surface area contributed by atoms with Crippen molar-refractivity contribution in [2.45, 2.75) is 19.9 Å². The Balaban J connectivity index is 1.74. The zero-order valence-corrected chi connectivity index (χ0v) is 20.3. The molecule has 2 aliphatic heterocycles. The summed E-state index contributed by atoms with van der Waals surface area (Å²) in [5.41, 5.74) is 3.21. The van der Waals surface area contributed by atoms with E-state index < -0.39 is 17.7 Å². The molecule has 7 nitrogen and oxygen atoms in total. The molecule has 184 valence electrons. The van der Waals surface area contributed by atoms with Crippen molar-refractivity contribution in [1.29, 1.82) is 0 Å². The number of likely N-dealkylation sites (tertiary alicyclic amines) is 1. The van der Waals surface area contributed by atoms with Gasteiger partial charge >= 0.3 is 0 Å². The normalized spacial score (nSPS) is 20.3. The highest BCUT2D eigenvalue weighted by Gasteiger charge is 2.46. The van der Waals surface area contributed by atoms with Crippen LogP contribution in [-0.2, 0) is 14.3 Å². The molecule has 0 spiro atoms. The molecule has 1 unspecified atom stereocenters. The molecule has 2 heterocycles. The van der Waals surface area contributed by atoms with Crippen molar-refractivity contribution in [2.75, 3.05) is 46.0 Å². The second kappa shape index (κ2) is 10.9. The van der Waals surface area contributed by atoms with Gasteiger partial charge in [0, 0.05) is 31.7 Å². The monoisotopic (exact) mass is 476 g/mol. The Hall–Kier alpha value is -3.42. The zero-order chi connectivity index (χ0) is 24.9. The second-order valence-corrected chi connectivity index (χ2v) is 8.93. The van der Waals surface area contributed by atoms with Crippen molar-refractivity contribution >= 4 is 17.4 Å². The van der Waals surface area contributed by atoms with Crippen LogP contribution in [0.15, 0.2) is 60.7 Å². The third-order valence-corrected chi connectivity index (χ3v) is 6.51. The van der Waals surface area contributed by atoms with Crippen LogP contribution >= 0.6 is 0 Å². The van der Waals surface area contributed by atoms with Gasteiger partial charge in [0.15, 0.2) is 0 Å². The maximum Gasteiger partial charge on any atom is 0.295 e. The molecule has 1 N–H and O–H groups in total. The number of benzene rings is 2. The molecule has 2 fully saturated rings. The Morgan fingerprint density at radius 1 is 1.11 bits per heavy atom. The minimum absolute atomic E-state index is 0.116. The zero-order valence-electron chi connectivity index (χ0n) is 20.3. The van der Waals surface area contributed by atoms with Crippen LogP contribution in [0.4, 0.5) is 0 Å². The van der Waals surface area contributed by atoms with Crippen LogP contribution in [0.2, 0.25) is 0 Å². The van der Waals surface area contributed by atoms with Crippen LogP contribution in [-0.4, -0.2) is 72.6 Å².